The van der Waals surface area contributed by atoms with Crippen molar-refractivity contribution in [3.63, 3.8) is 0 Å². The number of hydrogen-bond donors (Lipinski definition) is 0. The smallest absolute Gasteiger partial charge is 0.247 e. The number of ether oxygens (including phenoxy) is 1. The van der Waals surface area contributed by atoms with Crippen LogP contribution >= 0.6 is 0 Å². The first kappa shape index (κ1) is 23.5. The lowest BCUT2D eigenvalue weighted by Gasteiger charge is -2.21. The van der Waals surface area contributed by atoms with Gasteiger partial charge in [0.05, 0.1) is 12.0 Å². The van der Waals surface area contributed by atoms with E-state index in [2.05, 4.69) is 0 Å². The maximum atomic E-state index is 12.9. The molecule has 2 fully saturated rings. The molecule has 0 spiro atoms. The van der Waals surface area contributed by atoms with Crippen LogP contribution in [0.3, 0.4) is 0 Å². The van der Waals surface area contributed by atoms with Gasteiger partial charge in [-0.25, -0.2) is 8.42 Å². The number of rotatable bonds is 8. The zero-order valence-corrected chi connectivity index (χ0v) is 20.0. The fourth-order valence-electron chi connectivity index (χ4n) is 4.15. The molecule has 1 aliphatic carbocycles. The van der Waals surface area contributed by atoms with Gasteiger partial charge in [-0.2, -0.15) is 4.31 Å². The highest BCUT2D eigenvalue weighted by Gasteiger charge is 2.31. The molecule has 1 aliphatic heterocycles. The molecule has 1 amide bonds. The lowest BCUT2D eigenvalue weighted by molar-refractivity contribution is -0.127. The third-order valence-corrected chi connectivity index (χ3v) is 8.20. The van der Waals surface area contributed by atoms with Gasteiger partial charge in [-0.05, 0) is 67.2 Å². The molecule has 6 nitrogen and oxygen atoms in total. The van der Waals surface area contributed by atoms with Crippen molar-refractivity contribution < 1.29 is 17.9 Å². The molecule has 1 heterocycles. The summed E-state index contributed by atoms with van der Waals surface area (Å²) in [6.45, 7) is 1.73. The van der Waals surface area contributed by atoms with Crippen LogP contribution in [0, 0.1) is 0 Å². The lowest BCUT2D eigenvalue weighted by Crippen LogP contribution is -2.31. The van der Waals surface area contributed by atoms with E-state index in [1.165, 1.54) is 0 Å². The van der Waals surface area contributed by atoms with Crippen LogP contribution in [0.1, 0.15) is 49.7 Å². The minimum absolute atomic E-state index is 0.0328. The third-order valence-electron chi connectivity index (χ3n) is 6.28. The molecule has 4 rings (SSSR count). The Balaban J connectivity index is 1.41. The molecule has 0 bridgehead atoms. The number of hydrogen-bond acceptors (Lipinski definition) is 4. The maximum Gasteiger partial charge on any atom is 0.247 e. The largest absolute Gasteiger partial charge is 0.497 e. The van der Waals surface area contributed by atoms with Crippen molar-refractivity contribution in [2.24, 2.45) is 0 Å². The Morgan fingerprint density at radius 2 is 1.64 bits per heavy atom. The first-order chi connectivity index (χ1) is 16.0. The van der Waals surface area contributed by atoms with E-state index in [0.717, 1.165) is 55.4 Å². The van der Waals surface area contributed by atoms with Crippen LogP contribution in [0.2, 0.25) is 0 Å². The molecule has 1 saturated carbocycles. The van der Waals surface area contributed by atoms with Crippen molar-refractivity contribution in [3.8, 4) is 5.75 Å². The number of carbonyl (C=O) groups is 1. The highest BCUT2D eigenvalue weighted by atomic mass is 32.2. The number of methoxy groups -OCH3 is 1. The molecule has 0 unspecified atom stereocenters. The second-order valence-electron chi connectivity index (χ2n) is 8.77. The van der Waals surface area contributed by atoms with Crippen LogP contribution in [-0.2, 0) is 21.4 Å². The molecule has 2 aromatic carbocycles. The van der Waals surface area contributed by atoms with Crippen molar-refractivity contribution in [2.75, 3.05) is 20.2 Å². The van der Waals surface area contributed by atoms with Gasteiger partial charge in [-0.15, -0.1) is 0 Å². The quantitative estimate of drug-likeness (QED) is 0.537. The molecule has 2 aromatic rings. The molecule has 0 atom stereocenters. The second kappa shape index (κ2) is 10.5. The monoisotopic (exact) mass is 468 g/mol. The molecule has 1 saturated heterocycles. The standard InChI is InChI=1S/C26H32N2O4S/c1-32-24-13-6-22(7-14-24)20-28(23-11-12-23)26(29)17-10-21-8-15-25(16-9-21)33(30,31)27-18-4-2-3-5-19-27/h6-10,13-17,23H,2-5,11-12,18-20H2,1H3/b17-10+. The highest BCUT2D eigenvalue weighted by Crippen LogP contribution is 2.29. The summed E-state index contributed by atoms with van der Waals surface area (Å²) in [7, 11) is -1.83. The van der Waals surface area contributed by atoms with Gasteiger partial charge in [0.2, 0.25) is 15.9 Å². The summed E-state index contributed by atoms with van der Waals surface area (Å²) in [6, 6.07) is 14.9. The molecule has 33 heavy (non-hydrogen) atoms. The van der Waals surface area contributed by atoms with Crippen LogP contribution in [0.5, 0.6) is 5.75 Å². The van der Waals surface area contributed by atoms with Crippen LogP contribution < -0.4 is 4.74 Å². The van der Waals surface area contributed by atoms with E-state index in [1.54, 1.807) is 47.8 Å². The number of amides is 1. The maximum absolute atomic E-state index is 12.9. The van der Waals surface area contributed by atoms with Crippen molar-refractivity contribution in [3.05, 3.63) is 65.7 Å². The van der Waals surface area contributed by atoms with E-state index in [4.69, 9.17) is 4.74 Å². The predicted molar refractivity (Wildman–Crippen MR) is 129 cm³/mol. The number of benzene rings is 2. The summed E-state index contributed by atoms with van der Waals surface area (Å²) in [5, 5.41) is 0. The Hall–Kier alpha value is -2.64. The molecule has 7 heteroatoms. The fourth-order valence-corrected chi connectivity index (χ4v) is 5.66. The van der Waals surface area contributed by atoms with Crippen molar-refractivity contribution in [2.45, 2.75) is 56.0 Å². The van der Waals surface area contributed by atoms with E-state index in [1.807, 2.05) is 29.2 Å². The molecule has 0 radical (unpaired) electrons. The summed E-state index contributed by atoms with van der Waals surface area (Å²) in [6.07, 6.45) is 9.39. The van der Waals surface area contributed by atoms with Gasteiger partial charge in [0.15, 0.2) is 0 Å². The third kappa shape index (κ3) is 6.03. The summed E-state index contributed by atoms with van der Waals surface area (Å²) in [5.41, 5.74) is 1.87. The van der Waals surface area contributed by atoms with Gasteiger partial charge in [0.25, 0.3) is 0 Å². The van der Waals surface area contributed by atoms with Crippen LogP contribution in [0.15, 0.2) is 59.5 Å². The van der Waals surface area contributed by atoms with Gasteiger partial charge >= 0.3 is 0 Å². The zero-order valence-electron chi connectivity index (χ0n) is 19.2. The average molecular weight is 469 g/mol. The van der Waals surface area contributed by atoms with Gasteiger partial charge < -0.3 is 9.64 Å². The molecule has 0 N–H and O–H groups in total. The first-order valence-corrected chi connectivity index (χ1v) is 13.1. The van der Waals surface area contributed by atoms with Crippen molar-refractivity contribution in [1.29, 1.82) is 0 Å². The van der Waals surface area contributed by atoms with Gasteiger partial charge in [0, 0.05) is 31.8 Å². The van der Waals surface area contributed by atoms with Gasteiger partial charge in [-0.1, -0.05) is 37.1 Å². The topological polar surface area (TPSA) is 66.9 Å². The minimum Gasteiger partial charge on any atom is -0.497 e. The predicted octanol–water partition coefficient (Wildman–Crippen LogP) is 4.46. The van der Waals surface area contributed by atoms with E-state index < -0.39 is 10.0 Å². The second-order valence-corrected chi connectivity index (χ2v) is 10.7. The average Bonchev–Trinajstić information content (AvgIpc) is 3.69. The van der Waals surface area contributed by atoms with E-state index in [9.17, 15) is 13.2 Å². The summed E-state index contributed by atoms with van der Waals surface area (Å²) in [5.74, 6) is 0.763. The first-order valence-electron chi connectivity index (χ1n) is 11.7. The Kier molecular flexibility index (Phi) is 7.50. The number of nitrogens with zero attached hydrogens (tertiary/aromatic N) is 2. The van der Waals surface area contributed by atoms with Gasteiger partial charge in [0.1, 0.15) is 5.75 Å². The highest BCUT2D eigenvalue weighted by molar-refractivity contribution is 7.89. The summed E-state index contributed by atoms with van der Waals surface area (Å²) >= 11 is 0. The zero-order chi connectivity index (χ0) is 23.3. The fraction of sp³-hybridized carbons (Fsp3) is 0.423. The van der Waals surface area contributed by atoms with Crippen LogP contribution in [0.4, 0.5) is 0 Å². The molecular weight excluding hydrogens is 436 g/mol. The Morgan fingerprint density at radius 3 is 2.21 bits per heavy atom. The minimum atomic E-state index is -3.46. The molecular formula is C26H32N2O4S. The lowest BCUT2D eigenvalue weighted by atomic mass is 10.2. The molecule has 0 aromatic heterocycles. The summed E-state index contributed by atoms with van der Waals surface area (Å²) in [4.78, 5) is 15.1. The normalized spacial score (nSPS) is 17.6. The number of carbonyl (C=O) groups excluding carboxylic acids is 1. The Labute approximate surface area is 196 Å². The molecule has 2 aliphatic rings. The number of sulfonamides is 1. The van der Waals surface area contributed by atoms with Crippen LogP contribution in [0.25, 0.3) is 6.08 Å². The van der Waals surface area contributed by atoms with E-state index in [0.29, 0.717) is 24.5 Å². The van der Waals surface area contributed by atoms with Gasteiger partial charge in [-0.3, -0.25) is 4.79 Å². The van der Waals surface area contributed by atoms with Crippen molar-refractivity contribution in [1.82, 2.24) is 9.21 Å². The Bertz CT molecular complexity index is 1070. The van der Waals surface area contributed by atoms with E-state index in [-0.39, 0.29) is 11.9 Å². The van der Waals surface area contributed by atoms with E-state index >= 15 is 0 Å². The van der Waals surface area contributed by atoms with Crippen LogP contribution in [-0.4, -0.2) is 49.8 Å². The molecule has 176 valence electrons. The summed E-state index contributed by atoms with van der Waals surface area (Å²) < 4.78 is 32.7. The van der Waals surface area contributed by atoms with Crippen molar-refractivity contribution >= 4 is 22.0 Å². The Morgan fingerprint density at radius 1 is 1.00 bits per heavy atom. The SMILES string of the molecule is COc1ccc(CN(C(=O)/C=C/c2ccc(S(=O)(=O)N3CCCCCC3)cc2)C2CC2)cc1.